The molecule has 1 aliphatic rings. The van der Waals surface area contributed by atoms with Gasteiger partial charge in [0.1, 0.15) is 11.6 Å². The van der Waals surface area contributed by atoms with Gasteiger partial charge in [0, 0.05) is 31.7 Å². The van der Waals surface area contributed by atoms with Crippen molar-refractivity contribution in [3.8, 4) is 0 Å². The summed E-state index contributed by atoms with van der Waals surface area (Å²) in [7, 11) is -3.79. The molecule has 32 heavy (non-hydrogen) atoms. The molecule has 1 N–H and O–H groups in total. The van der Waals surface area contributed by atoms with Crippen LogP contribution < -0.4 is 14.5 Å². The number of rotatable bonds is 6. The normalized spacial score (nSPS) is 14.3. The predicted molar refractivity (Wildman–Crippen MR) is 122 cm³/mol. The fraction of sp³-hybridized carbons (Fsp3) is 0.217. The fourth-order valence-corrected chi connectivity index (χ4v) is 4.64. The van der Waals surface area contributed by atoms with E-state index in [1.54, 1.807) is 24.3 Å². The van der Waals surface area contributed by atoms with E-state index in [9.17, 15) is 17.6 Å². The molecular formula is C23H23FN4O3S. The van der Waals surface area contributed by atoms with Crippen LogP contribution in [-0.2, 0) is 10.0 Å². The number of ketones is 1. The number of aromatic nitrogens is 1. The Balaban J connectivity index is 1.39. The van der Waals surface area contributed by atoms with E-state index in [4.69, 9.17) is 0 Å². The van der Waals surface area contributed by atoms with E-state index in [1.807, 2.05) is 11.0 Å². The summed E-state index contributed by atoms with van der Waals surface area (Å²) in [6.45, 7) is 4.10. The highest BCUT2D eigenvalue weighted by atomic mass is 32.2. The van der Waals surface area contributed by atoms with Crippen LogP contribution in [0.15, 0.2) is 71.8 Å². The van der Waals surface area contributed by atoms with Crippen molar-refractivity contribution in [2.24, 2.45) is 0 Å². The van der Waals surface area contributed by atoms with Crippen LogP contribution in [0.25, 0.3) is 0 Å². The molecule has 0 radical (unpaired) electrons. The Morgan fingerprint density at radius 1 is 0.938 bits per heavy atom. The second-order valence-electron chi connectivity index (χ2n) is 7.52. The van der Waals surface area contributed by atoms with E-state index in [-0.39, 0.29) is 16.5 Å². The van der Waals surface area contributed by atoms with Gasteiger partial charge in [-0.2, -0.15) is 0 Å². The van der Waals surface area contributed by atoms with Crippen molar-refractivity contribution in [3.63, 3.8) is 0 Å². The number of benzene rings is 2. The molecule has 2 heterocycles. The SMILES string of the molecule is CC(=O)c1ccc(S(=O)(=O)Nc2ccc(N3CCN(c4ccccc4F)CC3)nc2)cc1. The smallest absolute Gasteiger partial charge is 0.261 e. The third kappa shape index (κ3) is 4.72. The molecule has 0 unspecified atom stereocenters. The van der Waals surface area contributed by atoms with E-state index in [0.29, 0.717) is 43.1 Å². The van der Waals surface area contributed by atoms with Crippen LogP contribution in [0, 0.1) is 5.82 Å². The summed E-state index contributed by atoms with van der Waals surface area (Å²) in [6, 6.07) is 15.9. The van der Waals surface area contributed by atoms with Gasteiger partial charge in [0.2, 0.25) is 0 Å². The highest BCUT2D eigenvalue weighted by molar-refractivity contribution is 7.92. The Bertz CT molecular complexity index is 1210. The molecule has 1 saturated heterocycles. The molecule has 0 bridgehead atoms. The monoisotopic (exact) mass is 454 g/mol. The molecular weight excluding hydrogens is 431 g/mol. The van der Waals surface area contributed by atoms with Crippen molar-refractivity contribution < 1.29 is 17.6 Å². The topological polar surface area (TPSA) is 82.6 Å². The van der Waals surface area contributed by atoms with Gasteiger partial charge in [-0.3, -0.25) is 9.52 Å². The number of carbonyl (C=O) groups excluding carboxylic acids is 1. The van der Waals surface area contributed by atoms with Gasteiger partial charge < -0.3 is 9.80 Å². The van der Waals surface area contributed by atoms with Crippen molar-refractivity contribution in [1.29, 1.82) is 0 Å². The van der Waals surface area contributed by atoms with Crippen LogP contribution >= 0.6 is 0 Å². The lowest BCUT2D eigenvalue weighted by Gasteiger charge is -2.36. The van der Waals surface area contributed by atoms with Gasteiger partial charge in [0.15, 0.2) is 5.78 Å². The molecule has 0 spiro atoms. The number of hydrogen-bond donors (Lipinski definition) is 1. The number of nitrogens with one attached hydrogen (secondary N) is 1. The molecule has 2 aromatic carbocycles. The zero-order valence-electron chi connectivity index (χ0n) is 17.5. The summed E-state index contributed by atoms with van der Waals surface area (Å²) in [5.74, 6) is 0.370. The van der Waals surface area contributed by atoms with Crippen molar-refractivity contribution in [1.82, 2.24) is 4.98 Å². The lowest BCUT2D eigenvalue weighted by atomic mass is 10.2. The average Bonchev–Trinajstić information content (AvgIpc) is 2.80. The van der Waals surface area contributed by atoms with E-state index in [0.717, 1.165) is 5.82 Å². The molecule has 0 saturated carbocycles. The number of piperazine rings is 1. The number of nitrogens with zero attached hydrogens (tertiary/aromatic N) is 3. The maximum Gasteiger partial charge on any atom is 0.261 e. The molecule has 166 valence electrons. The fourth-order valence-electron chi connectivity index (χ4n) is 3.60. The Morgan fingerprint density at radius 2 is 1.59 bits per heavy atom. The second-order valence-corrected chi connectivity index (χ2v) is 9.20. The van der Waals surface area contributed by atoms with Crippen LogP contribution in [0.5, 0.6) is 0 Å². The Hall–Kier alpha value is -3.46. The Labute approximate surface area is 186 Å². The van der Waals surface area contributed by atoms with Crippen molar-refractivity contribution in [3.05, 3.63) is 78.2 Å². The maximum atomic E-state index is 14.0. The van der Waals surface area contributed by atoms with Gasteiger partial charge in [-0.05, 0) is 43.3 Å². The van der Waals surface area contributed by atoms with Crippen molar-refractivity contribution in [2.75, 3.05) is 40.7 Å². The molecule has 3 aromatic rings. The first-order chi connectivity index (χ1) is 15.3. The number of anilines is 3. The first-order valence-corrected chi connectivity index (χ1v) is 11.7. The highest BCUT2D eigenvalue weighted by Crippen LogP contribution is 2.23. The van der Waals surface area contributed by atoms with E-state index in [2.05, 4.69) is 14.6 Å². The first kappa shape index (κ1) is 21.8. The van der Waals surface area contributed by atoms with Crippen LogP contribution in [0.4, 0.5) is 21.6 Å². The van der Waals surface area contributed by atoms with Gasteiger partial charge in [0.25, 0.3) is 10.0 Å². The zero-order chi connectivity index (χ0) is 22.7. The highest BCUT2D eigenvalue weighted by Gasteiger charge is 2.21. The molecule has 9 heteroatoms. The van der Waals surface area contributed by atoms with Gasteiger partial charge >= 0.3 is 0 Å². The zero-order valence-corrected chi connectivity index (χ0v) is 18.3. The number of sulfonamides is 1. The minimum Gasteiger partial charge on any atom is -0.366 e. The molecule has 4 rings (SSSR count). The summed E-state index contributed by atoms with van der Waals surface area (Å²) in [5.41, 5.74) is 1.39. The van der Waals surface area contributed by atoms with E-state index < -0.39 is 10.0 Å². The number of para-hydroxylation sites is 1. The minimum absolute atomic E-state index is 0.0656. The number of Topliss-reactive ketones (excluding diaryl/α,β-unsaturated/α-hetero) is 1. The molecule has 0 aliphatic carbocycles. The maximum absolute atomic E-state index is 14.0. The largest absolute Gasteiger partial charge is 0.366 e. The minimum atomic E-state index is -3.79. The van der Waals surface area contributed by atoms with Crippen LogP contribution in [0.3, 0.4) is 0 Å². The molecule has 1 aromatic heterocycles. The number of halogens is 1. The van der Waals surface area contributed by atoms with Gasteiger partial charge in [0.05, 0.1) is 22.5 Å². The van der Waals surface area contributed by atoms with Gasteiger partial charge in [-0.1, -0.05) is 24.3 Å². The second kappa shape index (κ2) is 8.96. The van der Waals surface area contributed by atoms with E-state index >= 15 is 0 Å². The van der Waals surface area contributed by atoms with Crippen molar-refractivity contribution >= 4 is 33.0 Å². The summed E-state index contributed by atoms with van der Waals surface area (Å²) in [4.78, 5) is 19.9. The lowest BCUT2D eigenvalue weighted by molar-refractivity contribution is 0.101. The molecule has 0 amide bonds. The molecule has 1 aliphatic heterocycles. The average molecular weight is 455 g/mol. The van der Waals surface area contributed by atoms with Gasteiger partial charge in [-0.25, -0.2) is 17.8 Å². The summed E-state index contributed by atoms with van der Waals surface area (Å²) >= 11 is 0. The van der Waals surface area contributed by atoms with Crippen molar-refractivity contribution in [2.45, 2.75) is 11.8 Å². The predicted octanol–water partition coefficient (Wildman–Crippen LogP) is 3.55. The lowest BCUT2D eigenvalue weighted by Crippen LogP contribution is -2.47. The standard InChI is InChI=1S/C23H23FN4O3S/c1-17(29)18-6-9-20(10-7-18)32(30,31)26-19-8-11-23(25-16-19)28-14-12-27(13-15-28)22-5-3-2-4-21(22)24/h2-11,16,26H,12-15H2,1H3. The third-order valence-corrected chi connectivity index (χ3v) is 6.77. The van der Waals surface area contributed by atoms with E-state index in [1.165, 1.54) is 43.5 Å². The number of carbonyl (C=O) groups is 1. The molecule has 7 nitrogen and oxygen atoms in total. The Morgan fingerprint density at radius 3 is 2.19 bits per heavy atom. The molecule has 0 atom stereocenters. The third-order valence-electron chi connectivity index (χ3n) is 5.37. The first-order valence-electron chi connectivity index (χ1n) is 10.2. The Kier molecular flexibility index (Phi) is 6.09. The number of hydrogen-bond acceptors (Lipinski definition) is 6. The van der Waals surface area contributed by atoms with Crippen LogP contribution in [0.2, 0.25) is 0 Å². The van der Waals surface area contributed by atoms with Crippen LogP contribution in [-0.4, -0.2) is 45.4 Å². The summed E-state index contributed by atoms with van der Waals surface area (Å²) < 4.78 is 41.7. The molecule has 1 fully saturated rings. The quantitative estimate of drug-likeness (QED) is 0.574. The number of pyridine rings is 1. The van der Waals surface area contributed by atoms with Gasteiger partial charge in [-0.15, -0.1) is 0 Å². The van der Waals surface area contributed by atoms with Crippen LogP contribution in [0.1, 0.15) is 17.3 Å². The summed E-state index contributed by atoms with van der Waals surface area (Å²) in [5, 5.41) is 0. The summed E-state index contributed by atoms with van der Waals surface area (Å²) in [6.07, 6.45) is 1.47.